The molecule has 0 saturated heterocycles. The van der Waals surface area contributed by atoms with E-state index in [0.29, 0.717) is 15.8 Å². The number of nitrogens with zero attached hydrogens (tertiary/aromatic N) is 4. The molecule has 0 aliphatic rings. The number of aromatic nitrogens is 2. The molecule has 0 aliphatic heterocycles. The Morgan fingerprint density at radius 2 is 1.60 bits per heavy atom. The quantitative estimate of drug-likeness (QED) is 0.418. The van der Waals surface area contributed by atoms with Crippen molar-refractivity contribution in [2.75, 3.05) is 24.8 Å². The molecule has 0 saturated carbocycles. The van der Waals surface area contributed by atoms with Gasteiger partial charge in [0.2, 0.25) is 0 Å². The highest BCUT2D eigenvalue weighted by atomic mass is 32.1. The molecule has 0 radical (unpaired) electrons. The highest BCUT2D eigenvalue weighted by molar-refractivity contribution is 8.11. The van der Waals surface area contributed by atoms with Crippen molar-refractivity contribution in [2.45, 2.75) is 0 Å². The van der Waals surface area contributed by atoms with Crippen LogP contribution < -0.4 is 10.7 Å². The molecule has 7 heteroatoms. The number of nitrogen functional groups attached to an aromatic ring is 1. The van der Waals surface area contributed by atoms with Crippen LogP contribution in [-0.4, -0.2) is 33.2 Å². The second kappa shape index (κ2) is 7.26. The SMILES string of the molecule is CN(C)N(C(=S)S)c1c(-c2ccccc2)nn(-c2ccccc2)c1N. The van der Waals surface area contributed by atoms with Crippen LogP contribution in [0.4, 0.5) is 11.5 Å². The van der Waals surface area contributed by atoms with E-state index in [4.69, 9.17) is 23.1 Å². The van der Waals surface area contributed by atoms with Crippen LogP contribution in [0.25, 0.3) is 16.9 Å². The smallest absolute Gasteiger partial charge is 0.153 e. The number of hydrogen-bond acceptors (Lipinski definition) is 4. The van der Waals surface area contributed by atoms with Gasteiger partial charge in [-0.25, -0.2) is 9.69 Å². The third-order valence-electron chi connectivity index (χ3n) is 3.74. The fourth-order valence-electron chi connectivity index (χ4n) is 2.65. The number of nitrogens with two attached hydrogens (primary N) is 1. The molecule has 0 amide bonds. The summed E-state index contributed by atoms with van der Waals surface area (Å²) in [6.07, 6.45) is 0. The van der Waals surface area contributed by atoms with Crippen LogP contribution in [0.15, 0.2) is 60.7 Å². The van der Waals surface area contributed by atoms with E-state index in [1.165, 1.54) is 0 Å². The molecule has 0 atom stereocenters. The molecule has 0 spiro atoms. The number of hydrazine groups is 1. The third-order valence-corrected chi connectivity index (χ3v) is 4.10. The van der Waals surface area contributed by atoms with Gasteiger partial charge in [-0.1, -0.05) is 60.7 Å². The number of benzene rings is 2. The maximum atomic E-state index is 6.49. The molecule has 3 aromatic rings. The van der Waals surface area contributed by atoms with Gasteiger partial charge in [0.15, 0.2) is 10.1 Å². The molecule has 3 rings (SSSR count). The molecule has 1 heterocycles. The minimum absolute atomic E-state index is 0.390. The van der Waals surface area contributed by atoms with Gasteiger partial charge in [0.25, 0.3) is 0 Å². The van der Waals surface area contributed by atoms with Gasteiger partial charge in [0.1, 0.15) is 11.4 Å². The standard InChI is InChI=1S/C18H19N5S2/c1-21(2)23(18(24)25)16-15(13-9-5-3-6-10-13)20-22(17(16)19)14-11-7-4-8-12-14/h3-12H,19H2,1-2H3,(H,24,25). The molecule has 0 aliphatic carbocycles. The Bertz CT molecular complexity index is 875. The van der Waals surface area contributed by atoms with E-state index in [-0.39, 0.29) is 0 Å². The van der Waals surface area contributed by atoms with Gasteiger partial charge in [0.05, 0.1) is 5.69 Å². The lowest BCUT2D eigenvalue weighted by Crippen LogP contribution is -2.39. The Balaban J connectivity index is 2.28. The minimum Gasteiger partial charge on any atom is -0.382 e. The summed E-state index contributed by atoms with van der Waals surface area (Å²) in [7, 11) is 3.77. The Labute approximate surface area is 158 Å². The molecular formula is C18H19N5S2. The Kier molecular flexibility index (Phi) is 5.08. The van der Waals surface area contributed by atoms with Gasteiger partial charge in [-0.15, -0.1) is 12.6 Å². The van der Waals surface area contributed by atoms with E-state index in [2.05, 4.69) is 12.6 Å². The van der Waals surface area contributed by atoms with Crippen molar-refractivity contribution in [3.05, 3.63) is 60.7 Å². The molecule has 0 bridgehead atoms. The maximum Gasteiger partial charge on any atom is 0.153 e. The number of para-hydroxylation sites is 1. The predicted molar refractivity (Wildman–Crippen MR) is 111 cm³/mol. The molecule has 0 unspecified atom stereocenters. The summed E-state index contributed by atoms with van der Waals surface area (Å²) in [5.41, 5.74) is 9.78. The van der Waals surface area contributed by atoms with Crippen LogP contribution >= 0.6 is 24.8 Å². The lowest BCUT2D eigenvalue weighted by Gasteiger charge is -2.29. The Morgan fingerprint density at radius 1 is 1.04 bits per heavy atom. The lowest BCUT2D eigenvalue weighted by molar-refractivity contribution is 0.434. The van der Waals surface area contributed by atoms with E-state index < -0.39 is 0 Å². The predicted octanol–water partition coefficient (Wildman–Crippen LogP) is 3.62. The van der Waals surface area contributed by atoms with Crippen LogP contribution in [0.5, 0.6) is 0 Å². The lowest BCUT2D eigenvalue weighted by atomic mass is 10.1. The highest BCUT2D eigenvalue weighted by Gasteiger charge is 2.26. The summed E-state index contributed by atoms with van der Waals surface area (Å²) in [5.74, 6) is 0.496. The molecule has 5 nitrogen and oxygen atoms in total. The van der Waals surface area contributed by atoms with Gasteiger partial charge in [-0.2, -0.15) is 5.10 Å². The van der Waals surface area contributed by atoms with Crippen molar-refractivity contribution in [3.63, 3.8) is 0 Å². The van der Waals surface area contributed by atoms with E-state index in [1.807, 2.05) is 79.8 Å². The van der Waals surface area contributed by atoms with Crippen LogP contribution in [-0.2, 0) is 0 Å². The number of thiol groups is 1. The topological polar surface area (TPSA) is 50.3 Å². The van der Waals surface area contributed by atoms with E-state index in [0.717, 1.165) is 16.9 Å². The molecule has 0 fully saturated rings. The summed E-state index contributed by atoms with van der Waals surface area (Å²) in [4.78, 5) is 0. The molecule has 1 aromatic heterocycles. The first-order chi connectivity index (χ1) is 12.0. The average Bonchev–Trinajstić information content (AvgIpc) is 2.93. The van der Waals surface area contributed by atoms with Crippen LogP contribution in [0.2, 0.25) is 0 Å². The summed E-state index contributed by atoms with van der Waals surface area (Å²) in [6.45, 7) is 0. The number of rotatable bonds is 4. The molecule has 2 N–H and O–H groups in total. The fourth-order valence-corrected chi connectivity index (χ4v) is 3.19. The van der Waals surface area contributed by atoms with Crippen molar-refractivity contribution in [1.29, 1.82) is 0 Å². The average molecular weight is 370 g/mol. The Morgan fingerprint density at radius 3 is 2.12 bits per heavy atom. The van der Waals surface area contributed by atoms with Crippen molar-refractivity contribution in [3.8, 4) is 16.9 Å². The fraction of sp³-hybridized carbons (Fsp3) is 0.111. The van der Waals surface area contributed by atoms with Crippen molar-refractivity contribution >= 4 is 40.7 Å². The van der Waals surface area contributed by atoms with Crippen molar-refractivity contribution in [1.82, 2.24) is 14.8 Å². The largest absolute Gasteiger partial charge is 0.382 e. The van der Waals surface area contributed by atoms with Crippen LogP contribution in [0.3, 0.4) is 0 Å². The third kappa shape index (κ3) is 3.39. The second-order valence-corrected chi connectivity index (χ2v) is 6.75. The summed E-state index contributed by atoms with van der Waals surface area (Å²) in [6, 6.07) is 19.7. The summed E-state index contributed by atoms with van der Waals surface area (Å²) in [5, 5.41) is 8.37. The first-order valence-electron chi connectivity index (χ1n) is 7.70. The maximum absolute atomic E-state index is 6.49. The zero-order valence-electron chi connectivity index (χ0n) is 14.0. The highest BCUT2D eigenvalue weighted by Crippen LogP contribution is 2.37. The number of thiocarbonyl (C=S) groups is 1. The molecule has 2 aromatic carbocycles. The zero-order valence-corrected chi connectivity index (χ0v) is 15.7. The number of hydrogen-bond donors (Lipinski definition) is 2. The normalized spacial score (nSPS) is 10.9. The van der Waals surface area contributed by atoms with Crippen molar-refractivity contribution in [2.24, 2.45) is 0 Å². The van der Waals surface area contributed by atoms with Gasteiger partial charge in [-0.3, -0.25) is 5.01 Å². The van der Waals surface area contributed by atoms with Gasteiger partial charge < -0.3 is 5.73 Å². The number of anilines is 2. The van der Waals surface area contributed by atoms with E-state index in [9.17, 15) is 0 Å². The van der Waals surface area contributed by atoms with Gasteiger partial charge in [-0.05, 0) is 12.1 Å². The van der Waals surface area contributed by atoms with Crippen LogP contribution in [0, 0.1) is 0 Å². The second-order valence-electron chi connectivity index (χ2n) is 5.64. The summed E-state index contributed by atoms with van der Waals surface area (Å²) < 4.78 is 2.11. The Hall–Kier alpha value is -2.35. The minimum atomic E-state index is 0.390. The molecule has 25 heavy (non-hydrogen) atoms. The summed E-state index contributed by atoms with van der Waals surface area (Å²) >= 11 is 9.70. The zero-order chi connectivity index (χ0) is 18.0. The first kappa shape index (κ1) is 17.5. The van der Waals surface area contributed by atoms with E-state index in [1.54, 1.807) is 9.69 Å². The van der Waals surface area contributed by atoms with E-state index >= 15 is 0 Å². The molecule has 128 valence electrons. The monoisotopic (exact) mass is 369 g/mol. The van der Waals surface area contributed by atoms with Crippen molar-refractivity contribution < 1.29 is 0 Å². The van der Waals surface area contributed by atoms with Gasteiger partial charge in [0, 0.05) is 19.7 Å². The van der Waals surface area contributed by atoms with Gasteiger partial charge >= 0.3 is 0 Å². The first-order valence-corrected chi connectivity index (χ1v) is 8.56. The molecular weight excluding hydrogens is 350 g/mol. The van der Waals surface area contributed by atoms with Crippen LogP contribution in [0.1, 0.15) is 0 Å².